The van der Waals surface area contributed by atoms with E-state index in [-0.39, 0.29) is 29.7 Å². The average Bonchev–Trinajstić information content (AvgIpc) is 2.37. The largest absolute Gasteiger partial charge is 0.383 e. The van der Waals surface area contributed by atoms with Gasteiger partial charge in [0.05, 0.1) is 18.9 Å². The summed E-state index contributed by atoms with van der Waals surface area (Å²) in [5.74, 6) is 1.19. The average molecular weight is 448 g/mol. The smallest absolute Gasteiger partial charge is 0.213 e. The van der Waals surface area contributed by atoms with Gasteiger partial charge in [0.15, 0.2) is 5.96 Å². The number of rotatable bonds is 10. The first-order valence-electron chi connectivity index (χ1n) is 7.56. The predicted octanol–water partition coefficient (Wildman–Crippen LogP) is 0.525. The van der Waals surface area contributed by atoms with Crippen molar-refractivity contribution < 1.29 is 13.2 Å². The Morgan fingerprint density at radius 1 is 1.32 bits per heavy atom. The van der Waals surface area contributed by atoms with Crippen molar-refractivity contribution in [2.24, 2.45) is 10.9 Å². The van der Waals surface area contributed by atoms with E-state index in [2.05, 4.69) is 20.3 Å². The van der Waals surface area contributed by atoms with Crippen molar-refractivity contribution in [3.8, 4) is 0 Å². The fourth-order valence-electron chi connectivity index (χ4n) is 1.91. The zero-order chi connectivity index (χ0) is 15.6. The minimum atomic E-state index is -3.21. The van der Waals surface area contributed by atoms with Gasteiger partial charge in [-0.05, 0) is 25.7 Å². The van der Waals surface area contributed by atoms with Gasteiger partial charge >= 0.3 is 0 Å². The molecule has 0 aromatic carbocycles. The lowest BCUT2D eigenvalue weighted by molar-refractivity contribution is 0.208. The van der Waals surface area contributed by atoms with Crippen LogP contribution < -0.4 is 15.4 Å². The molecule has 0 unspecified atom stereocenters. The molecule has 0 saturated heterocycles. The molecule has 0 atom stereocenters. The number of nitrogens with one attached hydrogen (secondary N) is 3. The van der Waals surface area contributed by atoms with Crippen molar-refractivity contribution in [2.45, 2.75) is 26.2 Å². The number of hydrogen-bond donors (Lipinski definition) is 3. The Morgan fingerprint density at radius 3 is 2.59 bits per heavy atom. The van der Waals surface area contributed by atoms with Gasteiger partial charge in [0.25, 0.3) is 0 Å². The van der Waals surface area contributed by atoms with Crippen molar-refractivity contribution in [2.75, 3.05) is 45.6 Å². The maximum Gasteiger partial charge on any atom is 0.213 e. The third-order valence-electron chi connectivity index (χ3n) is 3.39. The Kier molecular flexibility index (Phi) is 12.2. The standard InChI is InChI=1S/C13H28N4O3S.HI/c1-3-14-13(15-7-9-20-2)16-8-10-21(18,19)17-11-12-5-4-6-12;/h12,17H,3-11H2,1-2H3,(H2,14,15,16);1H. The number of aliphatic imine (C=N–C) groups is 1. The molecule has 1 rings (SSSR count). The molecule has 0 aromatic heterocycles. The minimum absolute atomic E-state index is 0. The third kappa shape index (κ3) is 9.80. The zero-order valence-electron chi connectivity index (χ0n) is 13.4. The number of guanidine groups is 1. The molecular formula is C13H29IN4O3S. The number of halogens is 1. The first-order chi connectivity index (χ1) is 10.1. The van der Waals surface area contributed by atoms with Crippen LogP contribution in [-0.4, -0.2) is 60.0 Å². The van der Waals surface area contributed by atoms with Gasteiger partial charge in [-0.1, -0.05) is 6.42 Å². The van der Waals surface area contributed by atoms with Crippen LogP contribution in [0, 0.1) is 5.92 Å². The maximum absolute atomic E-state index is 11.8. The summed E-state index contributed by atoms with van der Waals surface area (Å²) >= 11 is 0. The van der Waals surface area contributed by atoms with Crippen molar-refractivity contribution in [1.82, 2.24) is 15.4 Å². The molecule has 1 fully saturated rings. The van der Waals surface area contributed by atoms with Crippen molar-refractivity contribution in [1.29, 1.82) is 0 Å². The topological polar surface area (TPSA) is 91.8 Å². The molecule has 0 heterocycles. The van der Waals surface area contributed by atoms with E-state index in [0.29, 0.717) is 38.1 Å². The highest BCUT2D eigenvalue weighted by Gasteiger charge is 2.19. The molecule has 0 spiro atoms. The summed E-state index contributed by atoms with van der Waals surface area (Å²) in [5, 5.41) is 6.08. The van der Waals surface area contributed by atoms with Gasteiger partial charge in [-0.2, -0.15) is 0 Å². The summed E-state index contributed by atoms with van der Waals surface area (Å²) in [7, 11) is -1.59. The van der Waals surface area contributed by atoms with Gasteiger partial charge < -0.3 is 15.4 Å². The molecule has 1 saturated carbocycles. The lowest BCUT2D eigenvalue weighted by atomic mass is 9.86. The molecule has 0 amide bonds. The highest BCUT2D eigenvalue weighted by Crippen LogP contribution is 2.25. The Morgan fingerprint density at radius 2 is 2.05 bits per heavy atom. The molecule has 9 heteroatoms. The second-order valence-electron chi connectivity index (χ2n) is 5.14. The van der Waals surface area contributed by atoms with E-state index in [9.17, 15) is 8.42 Å². The van der Waals surface area contributed by atoms with Crippen LogP contribution in [0.15, 0.2) is 4.99 Å². The van der Waals surface area contributed by atoms with Crippen molar-refractivity contribution in [3.05, 3.63) is 0 Å². The van der Waals surface area contributed by atoms with E-state index in [1.165, 1.54) is 6.42 Å². The number of nitrogens with zero attached hydrogens (tertiary/aromatic N) is 1. The van der Waals surface area contributed by atoms with Crippen LogP contribution in [0.3, 0.4) is 0 Å². The highest BCUT2D eigenvalue weighted by molar-refractivity contribution is 14.0. The first-order valence-corrected chi connectivity index (χ1v) is 9.21. The van der Waals surface area contributed by atoms with Crippen LogP contribution in [-0.2, 0) is 14.8 Å². The fraction of sp³-hybridized carbons (Fsp3) is 0.923. The monoisotopic (exact) mass is 448 g/mol. The zero-order valence-corrected chi connectivity index (χ0v) is 16.6. The Labute approximate surface area is 151 Å². The summed E-state index contributed by atoms with van der Waals surface area (Å²) in [5.41, 5.74) is 0. The van der Waals surface area contributed by atoms with Crippen LogP contribution in [0.4, 0.5) is 0 Å². The van der Waals surface area contributed by atoms with Crippen LogP contribution >= 0.6 is 24.0 Å². The third-order valence-corrected chi connectivity index (χ3v) is 4.74. The number of methoxy groups -OCH3 is 1. The molecule has 0 aromatic rings. The van der Waals surface area contributed by atoms with Gasteiger partial charge in [-0.15, -0.1) is 24.0 Å². The summed E-state index contributed by atoms with van der Waals surface area (Å²) in [4.78, 5) is 4.27. The summed E-state index contributed by atoms with van der Waals surface area (Å²) in [6.07, 6.45) is 3.49. The van der Waals surface area contributed by atoms with Crippen LogP contribution in [0.5, 0.6) is 0 Å². The molecule has 3 N–H and O–H groups in total. The molecule has 0 aliphatic heterocycles. The predicted molar refractivity (Wildman–Crippen MR) is 100 cm³/mol. The number of sulfonamides is 1. The highest BCUT2D eigenvalue weighted by atomic mass is 127. The lowest BCUT2D eigenvalue weighted by Crippen LogP contribution is -2.42. The van der Waals surface area contributed by atoms with Crippen molar-refractivity contribution in [3.63, 3.8) is 0 Å². The number of hydrogen-bond acceptors (Lipinski definition) is 4. The van der Waals surface area contributed by atoms with E-state index in [0.717, 1.165) is 19.4 Å². The summed E-state index contributed by atoms with van der Waals surface area (Å²) in [6.45, 7) is 4.68. The van der Waals surface area contributed by atoms with E-state index in [4.69, 9.17) is 4.74 Å². The van der Waals surface area contributed by atoms with Gasteiger partial charge in [-0.25, -0.2) is 13.1 Å². The molecular weight excluding hydrogens is 419 g/mol. The van der Waals surface area contributed by atoms with Crippen LogP contribution in [0.1, 0.15) is 26.2 Å². The maximum atomic E-state index is 11.8. The first kappa shape index (κ1) is 21.9. The van der Waals surface area contributed by atoms with Gasteiger partial charge in [-0.3, -0.25) is 4.99 Å². The van der Waals surface area contributed by atoms with Crippen LogP contribution in [0.2, 0.25) is 0 Å². The normalized spacial score (nSPS) is 15.8. The Hall–Kier alpha value is -0.130. The molecule has 132 valence electrons. The molecule has 1 aliphatic rings. The molecule has 1 aliphatic carbocycles. The van der Waals surface area contributed by atoms with E-state index < -0.39 is 10.0 Å². The Bertz CT molecular complexity index is 414. The lowest BCUT2D eigenvalue weighted by Gasteiger charge is -2.25. The second kappa shape index (κ2) is 12.3. The molecule has 0 bridgehead atoms. The van der Waals surface area contributed by atoms with E-state index in [1.807, 2.05) is 6.92 Å². The second-order valence-corrected chi connectivity index (χ2v) is 7.07. The summed E-state index contributed by atoms with van der Waals surface area (Å²) in [6, 6.07) is 0. The number of ether oxygens (including phenoxy) is 1. The quantitative estimate of drug-likeness (QED) is 0.196. The molecule has 22 heavy (non-hydrogen) atoms. The van der Waals surface area contributed by atoms with E-state index >= 15 is 0 Å². The minimum Gasteiger partial charge on any atom is -0.383 e. The summed E-state index contributed by atoms with van der Waals surface area (Å²) < 4.78 is 31.3. The SMILES string of the molecule is CCNC(=NCCOC)NCCS(=O)(=O)NCC1CCC1.I. The Balaban J connectivity index is 0.00000441. The molecule has 0 radical (unpaired) electrons. The van der Waals surface area contributed by atoms with E-state index in [1.54, 1.807) is 7.11 Å². The molecule has 7 nitrogen and oxygen atoms in total. The van der Waals surface area contributed by atoms with Gasteiger partial charge in [0.1, 0.15) is 0 Å². The van der Waals surface area contributed by atoms with Crippen LogP contribution in [0.25, 0.3) is 0 Å². The fourth-order valence-corrected chi connectivity index (χ4v) is 2.91. The van der Waals surface area contributed by atoms with Gasteiger partial charge in [0, 0.05) is 26.7 Å². The van der Waals surface area contributed by atoms with Crippen molar-refractivity contribution >= 4 is 40.0 Å². The van der Waals surface area contributed by atoms with Gasteiger partial charge in [0.2, 0.25) is 10.0 Å².